The third-order valence-corrected chi connectivity index (χ3v) is 4.59. The van der Waals surface area contributed by atoms with E-state index in [2.05, 4.69) is 15.0 Å². The first-order valence-corrected chi connectivity index (χ1v) is 8.62. The second-order valence-corrected chi connectivity index (χ2v) is 7.22. The lowest BCUT2D eigenvalue weighted by molar-refractivity contribution is 0.602. The molecule has 0 radical (unpaired) electrons. The van der Waals surface area contributed by atoms with Crippen molar-refractivity contribution in [1.29, 1.82) is 0 Å². The first kappa shape index (κ1) is 14.5. The fourth-order valence-electron chi connectivity index (χ4n) is 2.34. The molecule has 0 fully saturated rings. The third-order valence-electron chi connectivity index (χ3n) is 3.46. The molecule has 0 saturated heterocycles. The molecule has 114 valence electrons. The zero-order valence-corrected chi connectivity index (χ0v) is 13.1. The lowest BCUT2D eigenvalue weighted by Gasteiger charge is -2.18. The number of anilines is 1. The third kappa shape index (κ3) is 2.80. The zero-order valence-electron chi connectivity index (χ0n) is 12.3. The quantitative estimate of drug-likeness (QED) is 0.796. The Balaban J connectivity index is 1.85. The predicted molar refractivity (Wildman–Crippen MR) is 85.5 cm³/mol. The van der Waals surface area contributed by atoms with E-state index in [9.17, 15) is 8.42 Å². The summed E-state index contributed by atoms with van der Waals surface area (Å²) in [6.07, 6.45) is 4.57. The normalized spacial score (nSPS) is 11.7. The Morgan fingerprint density at radius 1 is 1.14 bits per heavy atom. The monoisotopic (exact) mass is 316 g/mol. The average Bonchev–Trinajstić information content (AvgIpc) is 2.95. The standard InChI is InChI=1S/C15H16N4O2S/c1-19(15-14-13(7-8-16-14)17-10-18-15)9-11-3-5-12(6-4-11)22(2,20)21/h3-8,10,16H,9H2,1-2H3. The van der Waals surface area contributed by atoms with Crippen LogP contribution in [0.15, 0.2) is 47.8 Å². The smallest absolute Gasteiger partial charge is 0.175 e. The van der Waals surface area contributed by atoms with Gasteiger partial charge in [0.05, 0.1) is 10.4 Å². The molecule has 2 aromatic heterocycles. The van der Waals surface area contributed by atoms with E-state index < -0.39 is 9.84 Å². The molecule has 2 heterocycles. The molecule has 0 aliphatic heterocycles. The van der Waals surface area contributed by atoms with Crippen molar-refractivity contribution < 1.29 is 8.42 Å². The van der Waals surface area contributed by atoms with Crippen molar-refractivity contribution in [3.63, 3.8) is 0 Å². The molecular weight excluding hydrogens is 300 g/mol. The number of H-pyrrole nitrogens is 1. The van der Waals surface area contributed by atoms with Gasteiger partial charge in [-0.3, -0.25) is 0 Å². The van der Waals surface area contributed by atoms with E-state index in [0.717, 1.165) is 22.4 Å². The van der Waals surface area contributed by atoms with Gasteiger partial charge in [-0.25, -0.2) is 18.4 Å². The molecule has 0 amide bonds. The Hall–Kier alpha value is -2.41. The molecule has 3 aromatic rings. The Morgan fingerprint density at radius 2 is 1.86 bits per heavy atom. The van der Waals surface area contributed by atoms with E-state index in [1.807, 2.05) is 36.3 Å². The highest BCUT2D eigenvalue weighted by atomic mass is 32.2. The van der Waals surface area contributed by atoms with Gasteiger partial charge in [0.2, 0.25) is 0 Å². The number of nitrogens with zero attached hydrogens (tertiary/aromatic N) is 3. The van der Waals surface area contributed by atoms with Crippen LogP contribution in [-0.2, 0) is 16.4 Å². The van der Waals surface area contributed by atoms with E-state index in [0.29, 0.717) is 11.4 Å². The maximum atomic E-state index is 11.5. The van der Waals surface area contributed by atoms with Gasteiger partial charge in [-0.1, -0.05) is 12.1 Å². The van der Waals surface area contributed by atoms with Crippen LogP contribution in [0.3, 0.4) is 0 Å². The second kappa shape index (κ2) is 5.42. The van der Waals surface area contributed by atoms with Crippen LogP contribution in [0.4, 0.5) is 5.82 Å². The van der Waals surface area contributed by atoms with Gasteiger partial charge in [0.1, 0.15) is 11.8 Å². The van der Waals surface area contributed by atoms with Gasteiger partial charge >= 0.3 is 0 Å². The number of aromatic amines is 1. The van der Waals surface area contributed by atoms with Gasteiger partial charge in [-0.05, 0) is 23.8 Å². The van der Waals surface area contributed by atoms with Crippen LogP contribution >= 0.6 is 0 Å². The average molecular weight is 316 g/mol. The van der Waals surface area contributed by atoms with Crippen molar-refractivity contribution >= 4 is 26.7 Å². The van der Waals surface area contributed by atoms with E-state index in [1.54, 1.807) is 12.1 Å². The summed E-state index contributed by atoms with van der Waals surface area (Å²) in [5.41, 5.74) is 2.76. The summed E-state index contributed by atoms with van der Waals surface area (Å²) in [6, 6.07) is 8.79. The molecule has 0 atom stereocenters. The van der Waals surface area contributed by atoms with Crippen LogP contribution in [0.2, 0.25) is 0 Å². The molecule has 0 saturated carbocycles. The van der Waals surface area contributed by atoms with Crippen molar-refractivity contribution in [3.05, 3.63) is 48.4 Å². The van der Waals surface area contributed by atoms with Gasteiger partial charge in [0, 0.05) is 26.0 Å². The maximum absolute atomic E-state index is 11.5. The molecule has 0 spiro atoms. The molecule has 22 heavy (non-hydrogen) atoms. The van der Waals surface area contributed by atoms with Gasteiger partial charge in [-0.15, -0.1) is 0 Å². The van der Waals surface area contributed by atoms with Crippen molar-refractivity contribution in [1.82, 2.24) is 15.0 Å². The van der Waals surface area contributed by atoms with Crippen molar-refractivity contribution in [2.45, 2.75) is 11.4 Å². The van der Waals surface area contributed by atoms with Crippen molar-refractivity contribution in [3.8, 4) is 0 Å². The van der Waals surface area contributed by atoms with Crippen LogP contribution in [-0.4, -0.2) is 36.7 Å². The Labute approximate surface area is 128 Å². The second-order valence-electron chi connectivity index (χ2n) is 5.21. The number of nitrogens with one attached hydrogen (secondary N) is 1. The number of hydrogen-bond acceptors (Lipinski definition) is 5. The Kier molecular flexibility index (Phi) is 3.58. The number of benzene rings is 1. The minimum atomic E-state index is -3.16. The molecule has 6 nitrogen and oxygen atoms in total. The van der Waals surface area contributed by atoms with Crippen LogP contribution in [0.1, 0.15) is 5.56 Å². The Bertz CT molecular complexity index is 901. The summed E-state index contributed by atoms with van der Waals surface area (Å²) in [6.45, 7) is 0.620. The molecule has 1 aromatic carbocycles. The van der Waals surface area contributed by atoms with Crippen molar-refractivity contribution in [2.24, 2.45) is 0 Å². The fraction of sp³-hybridized carbons (Fsp3) is 0.200. The summed E-state index contributed by atoms with van der Waals surface area (Å²) in [7, 11) is -1.22. The van der Waals surface area contributed by atoms with E-state index in [-0.39, 0.29) is 0 Å². The number of rotatable bonds is 4. The number of fused-ring (bicyclic) bond motifs is 1. The van der Waals surface area contributed by atoms with E-state index in [4.69, 9.17) is 0 Å². The highest BCUT2D eigenvalue weighted by molar-refractivity contribution is 7.90. The predicted octanol–water partition coefficient (Wildman–Crippen LogP) is 2.00. The molecule has 0 unspecified atom stereocenters. The first-order chi connectivity index (χ1) is 10.4. The summed E-state index contributed by atoms with van der Waals surface area (Å²) in [4.78, 5) is 14.0. The summed E-state index contributed by atoms with van der Waals surface area (Å²) < 4.78 is 22.9. The van der Waals surface area contributed by atoms with Crippen LogP contribution in [0.5, 0.6) is 0 Å². The van der Waals surface area contributed by atoms with Crippen LogP contribution in [0.25, 0.3) is 11.0 Å². The van der Waals surface area contributed by atoms with E-state index >= 15 is 0 Å². The molecule has 7 heteroatoms. The number of sulfone groups is 1. The molecule has 0 aliphatic rings. The van der Waals surface area contributed by atoms with Gasteiger partial charge in [-0.2, -0.15) is 0 Å². The molecule has 3 rings (SSSR count). The summed E-state index contributed by atoms with van der Waals surface area (Å²) in [5.74, 6) is 0.808. The highest BCUT2D eigenvalue weighted by Gasteiger charge is 2.11. The number of aromatic nitrogens is 3. The van der Waals surface area contributed by atoms with Gasteiger partial charge in [0.15, 0.2) is 15.7 Å². The lowest BCUT2D eigenvalue weighted by Crippen LogP contribution is -2.18. The number of hydrogen-bond donors (Lipinski definition) is 1. The topological polar surface area (TPSA) is 79.0 Å². The SMILES string of the molecule is CN(Cc1ccc(S(C)(=O)=O)cc1)c1ncnc2cc[nH]c12. The molecule has 1 N–H and O–H groups in total. The van der Waals surface area contributed by atoms with Crippen LogP contribution < -0.4 is 4.90 Å². The van der Waals surface area contributed by atoms with E-state index in [1.165, 1.54) is 12.6 Å². The molecule has 0 aliphatic carbocycles. The molecular formula is C15H16N4O2S. The van der Waals surface area contributed by atoms with Crippen molar-refractivity contribution in [2.75, 3.05) is 18.2 Å². The summed E-state index contributed by atoms with van der Waals surface area (Å²) >= 11 is 0. The minimum absolute atomic E-state index is 0.327. The van der Waals surface area contributed by atoms with Gasteiger partial charge in [0.25, 0.3) is 0 Å². The minimum Gasteiger partial charge on any atom is -0.357 e. The fourth-order valence-corrected chi connectivity index (χ4v) is 2.97. The van der Waals surface area contributed by atoms with Crippen LogP contribution in [0, 0.1) is 0 Å². The zero-order chi connectivity index (χ0) is 15.7. The Morgan fingerprint density at radius 3 is 2.55 bits per heavy atom. The lowest BCUT2D eigenvalue weighted by atomic mass is 10.2. The first-order valence-electron chi connectivity index (χ1n) is 6.73. The summed E-state index contributed by atoms with van der Waals surface area (Å²) in [5, 5.41) is 0. The highest BCUT2D eigenvalue weighted by Crippen LogP contribution is 2.21. The largest absolute Gasteiger partial charge is 0.357 e. The maximum Gasteiger partial charge on any atom is 0.175 e. The van der Waals surface area contributed by atoms with Gasteiger partial charge < -0.3 is 9.88 Å². The molecule has 0 bridgehead atoms.